The van der Waals surface area contributed by atoms with Crippen molar-refractivity contribution < 1.29 is 32.2 Å². The molecule has 2 aromatic rings. The third kappa shape index (κ3) is 5.57. The fourth-order valence-electron chi connectivity index (χ4n) is 3.85. The summed E-state index contributed by atoms with van der Waals surface area (Å²) in [6.45, 7) is 2.03. The second-order valence-electron chi connectivity index (χ2n) is 7.91. The van der Waals surface area contributed by atoms with Crippen LogP contribution in [-0.4, -0.2) is 73.6 Å². The van der Waals surface area contributed by atoms with E-state index in [0.29, 0.717) is 37.7 Å². The second kappa shape index (κ2) is 9.70. The first-order valence-electron chi connectivity index (χ1n) is 10.6. The molecule has 0 aromatic heterocycles. The summed E-state index contributed by atoms with van der Waals surface area (Å²) < 4.78 is 51.1. The zero-order valence-electron chi connectivity index (χ0n) is 17.8. The molecule has 2 heterocycles. The molecule has 0 bridgehead atoms. The summed E-state index contributed by atoms with van der Waals surface area (Å²) in [6, 6.07) is 12.1. The molecule has 0 saturated carbocycles. The summed E-state index contributed by atoms with van der Waals surface area (Å²) in [5, 5.41) is 2.82. The summed E-state index contributed by atoms with van der Waals surface area (Å²) in [7, 11) is 0. The molecule has 0 spiro atoms. The quantitative estimate of drug-likeness (QED) is 0.738. The number of carbonyl (C=O) groups is 2. The molecule has 2 amide bonds. The highest BCUT2D eigenvalue weighted by atomic mass is 19.4. The number of fused-ring (bicyclic) bond motifs is 1. The van der Waals surface area contributed by atoms with Crippen LogP contribution in [0.2, 0.25) is 0 Å². The molecule has 1 atom stereocenters. The maximum absolute atomic E-state index is 13.2. The van der Waals surface area contributed by atoms with Crippen molar-refractivity contribution in [2.75, 3.05) is 45.9 Å². The van der Waals surface area contributed by atoms with E-state index in [2.05, 4.69) is 5.32 Å². The average molecular weight is 463 g/mol. The third-order valence-corrected chi connectivity index (χ3v) is 5.58. The number of para-hydroxylation sites is 2. The van der Waals surface area contributed by atoms with Gasteiger partial charge in [-0.05, 0) is 24.3 Å². The molecule has 1 saturated heterocycles. The molecule has 1 unspecified atom stereocenters. The number of halogens is 3. The second-order valence-corrected chi connectivity index (χ2v) is 7.91. The number of ether oxygens (including phenoxy) is 2. The molecule has 0 aliphatic carbocycles. The lowest BCUT2D eigenvalue weighted by molar-refractivity contribution is -0.138. The number of piperazine rings is 1. The zero-order chi connectivity index (χ0) is 23.4. The molecular formula is C23H24F3N3O4. The first-order chi connectivity index (χ1) is 15.8. The topological polar surface area (TPSA) is 71.1 Å². The Morgan fingerprint density at radius 3 is 2.36 bits per heavy atom. The standard InChI is InChI=1S/C23H24F3N3O4/c24-23(25,26)18-6-2-1-5-17(18)22(31)29-11-9-28(10-12-29)14-21(30)27-13-16-15-32-19-7-3-4-8-20(19)33-16/h1-8,16H,9-15H2,(H,27,30). The molecule has 176 valence electrons. The van der Waals surface area contributed by atoms with Crippen molar-refractivity contribution in [2.45, 2.75) is 12.3 Å². The van der Waals surface area contributed by atoms with Crippen LogP contribution in [0.15, 0.2) is 48.5 Å². The summed E-state index contributed by atoms with van der Waals surface area (Å²) >= 11 is 0. The van der Waals surface area contributed by atoms with Crippen molar-refractivity contribution in [3.63, 3.8) is 0 Å². The van der Waals surface area contributed by atoms with Crippen molar-refractivity contribution in [3.8, 4) is 11.5 Å². The minimum Gasteiger partial charge on any atom is -0.486 e. The molecule has 1 N–H and O–H groups in total. The first-order valence-corrected chi connectivity index (χ1v) is 10.6. The van der Waals surface area contributed by atoms with Crippen LogP contribution in [0.1, 0.15) is 15.9 Å². The van der Waals surface area contributed by atoms with E-state index in [-0.39, 0.29) is 37.2 Å². The van der Waals surface area contributed by atoms with Crippen LogP contribution >= 0.6 is 0 Å². The summed E-state index contributed by atoms with van der Waals surface area (Å²) in [6.07, 6.45) is -4.89. The van der Waals surface area contributed by atoms with Crippen LogP contribution < -0.4 is 14.8 Å². The Bertz CT molecular complexity index is 1010. The Labute approximate surface area is 189 Å². The molecule has 0 radical (unpaired) electrons. The fourth-order valence-corrected chi connectivity index (χ4v) is 3.85. The van der Waals surface area contributed by atoms with E-state index >= 15 is 0 Å². The van der Waals surface area contributed by atoms with Crippen LogP contribution in [0.25, 0.3) is 0 Å². The van der Waals surface area contributed by atoms with Gasteiger partial charge in [0.1, 0.15) is 12.7 Å². The lowest BCUT2D eigenvalue weighted by Crippen LogP contribution is -2.52. The van der Waals surface area contributed by atoms with E-state index in [4.69, 9.17) is 9.47 Å². The van der Waals surface area contributed by atoms with Crippen LogP contribution in [0.3, 0.4) is 0 Å². The summed E-state index contributed by atoms with van der Waals surface area (Å²) in [4.78, 5) is 28.3. The number of alkyl halides is 3. The monoisotopic (exact) mass is 463 g/mol. The largest absolute Gasteiger partial charge is 0.486 e. The number of amides is 2. The van der Waals surface area contributed by atoms with Crippen molar-refractivity contribution >= 4 is 11.8 Å². The average Bonchev–Trinajstić information content (AvgIpc) is 2.82. The van der Waals surface area contributed by atoms with Gasteiger partial charge in [-0.25, -0.2) is 0 Å². The number of nitrogens with zero attached hydrogens (tertiary/aromatic N) is 2. The van der Waals surface area contributed by atoms with Crippen molar-refractivity contribution in [1.82, 2.24) is 15.1 Å². The first kappa shape index (κ1) is 22.9. The molecule has 33 heavy (non-hydrogen) atoms. The van der Waals surface area contributed by atoms with E-state index < -0.39 is 17.6 Å². The van der Waals surface area contributed by atoms with E-state index in [9.17, 15) is 22.8 Å². The van der Waals surface area contributed by atoms with Crippen molar-refractivity contribution in [3.05, 3.63) is 59.7 Å². The number of hydrogen-bond donors (Lipinski definition) is 1. The Morgan fingerprint density at radius 1 is 0.970 bits per heavy atom. The van der Waals surface area contributed by atoms with E-state index in [1.807, 2.05) is 23.1 Å². The van der Waals surface area contributed by atoms with Gasteiger partial charge in [0.2, 0.25) is 5.91 Å². The van der Waals surface area contributed by atoms with Gasteiger partial charge in [0.15, 0.2) is 11.5 Å². The normalized spacial score (nSPS) is 18.6. The van der Waals surface area contributed by atoms with Crippen LogP contribution in [0, 0.1) is 0 Å². The van der Waals surface area contributed by atoms with Gasteiger partial charge in [0.05, 0.1) is 24.2 Å². The number of hydrogen-bond acceptors (Lipinski definition) is 5. The molecule has 4 rings (SSSR count). The number of nitrogens with one attached hydrogen (secondary N) is 1. The maximum Gasteiger partial charge on any atom is 0.417 e. The summed E-state index contributed by atoms with van der Waals surface area (Å²) in [5.74, 6) is 0.461. The predicted octanol–water partition coefficient (Wildman–Crippen LogP) is 2.42. The van der Waals surface area contributed by atoms with Crippen molar-refractivity contribution in [2.24, 2.45) is 0 Å². The van der Waals surface area contributed by atoms with Crippen molar-refractivity contribution in [1.29, 1.82) is 0 Å². The Kier molecular flexibility index (Phi) is 6.73. The van der Waals surface area contributed by atoms with E-state index in [1.165, 1.54) is 23.1 Å². The minimum atomic E-state index is -4.60. The van der Waals surface area contributed by atoms with Gasteiger partial charge in [-0.3, -0.25) is 14.5 Å². The lowest BCUT2D eigenvalue weighted by atomic mass is 10.1. The number of benzene rings is 2. The number of rotatable bonds is 5. The molecule has 7 nitrogen and oxygen atoms in total. The molecule has 2 aliphatic rings. The molecular weight excluding hydrogens is 439 g/mol. The highest BCUT2D eigenvalue weighted by Crippen LogP contribution is 2.33. The third-order valence-electron chi connectivity index (χ3n) is 5.58. The van der Waals surface area contributed by atoms with Gasteiger partial charge >= 0.3 is 6.18 Å². The highest BCUT2D eigenvalue weighted by Gasteiger charge is 2.36. The summed E-state index contributed by atoms with van der Waals surface area (Å²) in [5.41, 5.74) is -1.29. The Balaban J connectivity index is 1.23. The Morgan fingerprint density at radius 2 is 1.64 bits per heavy atom. The van der Waals surface area contributed by atoms with E-state index in [0.717, 1.165) is 6.07 Å². The molecule has 1 fully saturated rings. The predicted molar refractivity (Wildman–Crippen MR) is 113 cm³/mol. The lowest BCUT2D eigenvalue weighted by Gasteiger charge is -2.34. The number of carbonyl (C=O) groups excluding carboxylic acids is 2. The van der Waals surface area contributed by atoms with Gasteiger partial charge in [-0.15, -0.1) is 0 Å². The molecule has 2 aliphatic heterocycles. The molecule has 10 heteroatoms. The molecule has 2 aromatic carbocycles. The van der Waals surface area contributed by atoms with Gasteiger partial charge < -0.3 is 19.7 Å². The van der Waals surface area contributed by atoms with Gasteiger partial charge in [-0.1, -0.05) is 24.3 Å². The maximum atomic E-state index is 13.2. The van der Waals surface area contributed by atoms with Crippen LogP contribution in [0.5, 0.6) is 11.5 Å². The Hall–Kier alpha value is -3.27. The van der Waals surface area contributed by atoms with Crippen LogP contribution in [-0.2, 0) is 11.0 Å². The van der Waals surface area contributed by atoms with Gasteiger partial charge in [0.25, 0.3) is 5.91 Å². The van der Waals surface area contributed by atoms with Gasteiger partial charge in [0, 0.05) is 26.2 Å². The van der Waals surface area contributed by atoms with Crippen LogP contribution in [0.4, 0.5) is 13.2 Å². The van der Waals surface area contributed by atoms with E-state index in [1.54, 1.807) is 6.07 Å². The SMILES string of the molecule is O=C(CN1CCN(C(=O)c2ccccc2C(F)(F)F)CC1)NCC1COc2ccccc2O1. The smallest absolute Gasteiger partial charge is 0.417 e. The highest BCUT2D eigenvalue weighted by molar-refractivity contribution is 5.96. The fraction of sp³-hybridized carbons (Fsp3) is 0.391. The van der Waals surface area contributed by atoms with Gasteiger partial charge in [-0.2, -0.15) is 13.2 Å². The minimum absolute atomic E-state index is 0.130. The zero-order valence-corrected chi connectivity index (χ0v) is 17.8.